The van der Waals surface area contributed by atoms with Crippen LogP contribution in [0.5, 0.6) is 0 Å². The molecule has 0 N–H and O–H groups in total. The second-order valence-corrected chi connectivity index (χ2v) is 4.30. The zero-order valence-electron chi connectivity index (χ0n) is 4.47. The minimum atomic E-state index is 0.341. The van der Waals surface area contributed by atoms with E-state index in [1.807, 2.05) is 0 Å². The maximum atomic E-state index is 2.40. The highest BCUT2D eigenvalue weighted by atomic mass is 31.1. The Bertz CT molecular complexity index is 44.3. The minimum absolute atomic E-state index is 0.341. The molecule has 1 heterocycles. The molecule has 2 unspecified atom stereocenters. The predicted molar refractivity (Wildman–Crippen MR) is 30.1 cm³/mol. The molecule has 1 saturated heterocycles. The second-order valence-electron chi connectivity index (χ2n) is 1.78. The third-order valence-electron chi connectivity index (χ3n) is 1.52. The predicted octanol–water partition coefficient (Wildman–Crippen LogP) is 1.30. The molecule has 0 aromatic rings. The first kappa shape index (κ1) is 4.55. The van der Waals surface area contributed by atoms with E-state index in [2.05, 4.69) is 25.3 Å². The fraction of sp³-hybridized carbons (Fsp3) is 1.00. The van der Waals surface area contributed by atoms with Gasteiger partial charge in [-0.15, -0.1) is 0 Å². The smallest absolute Gasteiger partial charge is 0.0434 e. The van der Waals surface area contributed by atoms with Crippen LogP contribution in [0.2, 0.25) is 0 Å². The van der Waals surface area contributed by atoms with Gasteiger partial charge in [0.05, 0.1) is 0 Å². The molecule has 0 radical (unpaired) electrons. The van der Waals surface area contributed by atoms with Gasteiger partial charge in [0.1, 0.15) is 0 Å². The van der Waals surface area contributed by atoms with E-state index in [-0.39, 0.29) is 0 Å². The summed E-state index contributed by atoms with van der Waals surface area (Å²) >= 11 is 0. The molecule has 0 aliphatic carbocycles. The molecule has 1 aliphatic heterocycles. The van der Waals surface area contributed by atoms with Gasteiger partial charge in [-0.25, -0.2) is 0 Å². The lowest BCUT2D eigenvalue weighted by Crippen LogP contribution is -1.83. The highest BCUT2D eigenvalue weighted by molar-refractivity contribution is 7.61. The maximum Gasteiger partial charge on any atom is 0.0434 e. The van der Waals surface area contributed by atoms with Gasteiger partial charge in [0.25, 0.3) is 0 Å². The molecule has 36 valence electrons. The van der Waals surface area contributed by atoms with Crippen molar-refractivity contribution in [3.8, 4) is 0 Å². The van der Waals surface area contributed by atoms with Crippen molar-refractivity contribution in [1.29, 1.82) is 0 Å². The highest BCUT2D eigenvalue weighted by Crippen LogP contribution is 2.59. The largest absolute Gasteiger partial charge is 0.276 e. The molecule has 0 saturated carbocycles. The van der Waals surface area contributed by atoms with Gasteiger partial charge in [0.15, 0.2) is 0 Å². The van der Waals surface area contributed by atoms with Gasteiger partial charge < -0.3 is 0 Å². The lowest BCUT2D eigenvalue weighted by molar-refractivity contribution is 0.674. The average molecular weight is 103 g/mol. The Morgan fingerprint density at radius 1 is 1.67 bits per heavy atom. The van der Waals surface area contributed by atoms with Crippen LogP contribution in [0.3, 0.4) is 0 Å². The average Bonchev–Trinajstić information content (AvgIpc) is 1.94. The van der Waals surface area contributed by atoms with Crippen molar-refractivity contribution in [3.05, 3.63) is 0 Å². The number of nitrogens with zero attached hydrogens (tertiary/aromatic N) is 1. The maximum absolute atomic E-state index is 2.40. The molecule has 0 aromatic heterocycles. The monoisotopic (exact) mass is 103 g/mol. The molecule has 1 nitrogen and oxygen atoms in total. The number of hydrogen-bond donors (Lipinski definition) is 0. The Hall–Kier alpha value is 0.390. The van der Waals surface area contributed by atoms with Crippen LogP contribution < -0.4 is 0 Å². The summed E-state index contributed by atoms with van der Waals surface area (Å²) in [6, 6.07) is 0. The lowest BCUT2D eigenvalue weighted by atomic mass is 10.8. The molecule has 2 heteroatoms. The fourth-order valence-corrected chi connectivity index (χ4v) is 1.86. The molecule has 0 bridgehead atoms. The SMILES string of the molecule is C[C@@H]1N(C)P1C. The highest BCUT2D eigenvalue weighted by Gasteiger charge is 2.35. The zero-order valence-corrected chi connectivity index (χ0v) is 5.37. The molecule has 3 atom stereocenters. The van der Waals surface area contributed by atoms with Gasteiger partial charge in [0.2, 0.25) is 0 Å². The molecular weight excluding hydrogens is 93.0 g/mol. The lowest BCUT2D eigenvalue weighted by Gasteiger charge is -1.76. The van der Waals surface area contributed by atoms with Crippen LogP contribution in [0.1, 0.15) is 6.92 Å². The van der Waals surface area contributed by atoms with Crippen molar-refractivity contribution < 1.29 is 0 Å². The fourth-order valence-electron chi connectivity index (χ4n) is 0.516. The Labute approximate surface area is 40.1 Å². The summed E-state index contributed by atoms with van der Waals surface area (Å²) in [7, 11) is 2.52. The van der Waals surface area contributed by atoms with Crippen LogP contribution in [0.4, 0.5) is 0 Å². The minimum Gasteiger partial charge on any atom is -0.276 e. The first-order valence-electron chi connectivity index (χ1n) is 2.19. The van der Waals surface area contributed by atoms with Gasteiger partial charge in [-0.1, -0.05) is 0 Å². The topological polar surface area (TPSA) is 3.01 Å². The van der Waals surface area contributed by atoms with E-state index in [1.54, 1.807) is 0 Å². The molecule has 1 aliphatic rings. The summed E-state index contributed by atoms with van der Waals surface area (Å²) in [5.74, 6) is 0.917. The van der Waals surface area contributed by atoms with Crippen LogP contribution in [0.15, 0.2) is 0 Å². The third kappa shape index (κ3) is 0.467. The number of hydrogen-bond acceptors (Lipinski definition) is 1. The summed E-state index contributed by atoms with van der Waals surface area (Å²) in [5.41, 5.74) is 0. The summed E-state index contributed by atoms with van der Waals surface area (Å²) in [5, 5.41) is 0. The van der Waals surface area contributed by atoms with E-state index in [9.17, 15) is 0 Å². The normalized spacial score (nSPS) is 55.5. The number of rotatable bonds is 0. The Kier molecular flexibility index (Phi) is 0.893. The van der Waals surface area contributed by atoms with E-state index in [1.165, 1.54) is 0 Å². The van der Waals surface area contributed by atoms with Gasteiger partial charge in [-0.2, -0.15) is 0 Å². The van der Waals surface area contributed by atoms with Crippen LogP contribution in [-0.2, 0) is 0 Å². The van der Waals surface area contributed by atoms with Crippen LogP contribution >= 0.6 is 8.07 Å². The quantitative estimate of drug-likeness (QED) is 0.330. The molecule has 1 rings (SSSR count). The van der Waals surface area contributed by atoms with Crippen molar-refractivity contribution in [2.24, 2.45) is 0 Å². The second kappa shape index (κ2) is 1.18. The summed E-state index contributed by atoms with van der Waals surface area (Å²) in [4.78, 5) is 0. The summed E-state index contributed by atoms with van der Waals surface area (Å²) in [6.45, 7) is 4.58. The van der Waals surface area contributed by atoms with Crippen molar-refractivity contribution >= 4 is 8.07 Å². The Balaban J connectivity index is 2.31. The van der Waals surface area contributed by atoms with Gasteiger partial charge >= 0.3 is 0 Å². The molecule has 1 fully saturated rings. The summed E-state index contributed by atoms with van der Waals surface area (Å²) in [6.07, 6.45) is 0. The Morgan fingerprint density at radius 2 is 1.83 bits per heavy atom. The Morgan fingerprint density at radius 3 is 1.83 bits per heavy atom. The molecule has 0 amide bonds. The van der Waals surface area contributed by atoms with E-state index >= 15 is 0 Å². The van der Waals surface area contributed by atoms with Gasteiger partial charge in [-0.05, 0) is 28.7 Å². The van der Waals surface area contributed by atoms with E-state index in [0.717, 1.165) is 5.78 Å². The first-order valence-corrected chi connectivity index (χ1v) is 4.00. The van der Waals surface area contributed by atoms with Crippen LogP contribution in [0, 0.1) is 0 Å². The van der Waals surface area contributed by atoms with Crippen LogP contribution in [-0.4, -0.2) is 24.2 Å². The zero-order chi connectivity index (χ0) is 4.73. The van der Waals surface area contributed by atoms with Crippen molar-refractivity contribution in [1.82, 2.24) is 4.67 Å². The first-order chi connectivity index (χ1) is 2.73. The van der Waals surface area contributed by atoms with E-state index in [0.29, 0.717) is 8.07 Å². The van der Waals surface area contributed by atoms with E-state index < -0.39 is 0 Å². The standard InChI is InChI=1S/C4H10NP/c1-4-5(2)6(4)3/h4H,1-3H3/t4-,5?,6?/m1/s1. The van der Waals surface area contributed by atoms with E-state index in [4.69, 9.17) is 0 Å². The van der Waals surface area contributed by atoms with Gasteiger partial charge in [0, 0.05) is 5.78 Å². The van der Waals surface area contributed by atoms with Gasteiger partial charge in [-0.3, -0.25) is 4.67 Å². The molecular formula is C4H10NP. The van der Waals surface area contributed by atoms with Crippen molar-refractivity contribution in [2.75, 3.05) is 13.7 Å². The van der Waals surface area contributed by atoms with Crippen LogP contribution in [0.25, 0.3) is 0 Å². The summed E-state index contributed by atoms with van der Waals surface area (Å²) < 4.78 is 2.40. The molecule has 0 spiro atoms. The molecule has 0 aromatic carbocycles. The van der Waals surface area contributed by atoms with Crippen molar-refractivity contribution in [3.63, 3.8) is 0 Å². The molecule has 6 heavy (non-hydrogen) atoms. The van der Waals surface area contributed by atoms with Crippen molar-refractivity contribution in [2.45, 2.75) is 12.7 Å². The third-order valence-corrected chi connectivity index (χ3v) is 4.06.